The Kier molecular flexibility index (Phi) is 4.02. The van der Waals surface area contributed by atoms with Crippen molar-refractivity contribution in [3.8, 4) is 5.69 Å². The summed E-state index contributed by atoms with van der Waals surface area (Å²) in [5.74, 6) is -0.930. The van der Waals surface area contributed by atoms with Crippen molar-refractivity contribution < 1.29 is 14.7 Å². The number of hydrogen-bond acceptors (Lipinski definition) is 4. The van der Waals surface area contributed by atoms with Crippen LogP contribution in [0.4, 0.5) is 5.82 Å². The lowest BCUT2D eigenvalue weighted by Crippen LogP contribution is -2.25. The number of fused-ring (bicyclic) bond motifs is 1. The summed E-state index contributed by atoms with van der Waals surface area (Å²) >= 11 is 0. The van der Waals surface area contributed by atoms with Gasteiger partial charge >= 0.3 is 5.97 Å². The molecule has 1 unspecified atom stereocenters. The van der Waals surface area contributed by atoms with E-state index in [4.69, 9.17) is 5.11 Å². The van der Waals surface area contributed by atoms with Gasteiger partial charge in [0.05, 0.1) is 17.6 Å². The molecule has 0 saturated heterocycles. The molecule has 138 valence electrons. The number of nitrogens with one attached hydrogen (secondary N) is 1. The van der Waals surface area contributed by atoms with Gasteiger partial charge in [0.2, 0.25) is 5.91 Å². The lowest BCUT2D eigenvalue weighted by Gasteiger charge is -2.23. The second-order valence-electron chi connectivity index (χ2n) is 6.71. The fraction of sp³-hybridized carbons (Fsp3) is 0.263. The Balaban J connectivity index is 1.76. The van der Waals surface area contributed by atoms with Gasteiger partial charge in [0.25, 0.3) is 0 Å². The molecule has 8 heteroatoms. The van der Waals surface area contributed by atoms with Gasteiger partial charge < -0.3 is 10.4 Å². The van der Waals surface area contributed by atoms with Crippen molar-refractivity contribution in [2.75, 3.05) is 5.32 Å². The zero-order valence-electron chi connectivity index (χ0n) is 15.0. The minimum Gasteiger partial charge on any atom is -0.480 e. The third kappa shape index (κ3) is 2.99. The minimum absolute atomic E-state index is 0.164. The number of para-hydroxylation sites is 1. The first-order chi connectivity index (χ1) is 12.9. The third-order valence-electron chi connectivity index (χ3n) is 4.82. The van der Waals surface area contributed by atoms with E-state index in [9.17, 15) is 9.59 Å². The smallest absolute Gasteiger partial charge is 0.325 e. The molecule has 1 aliphatic heterocycles. The Morgan fingerprint density at radius 3 is 2.85 bits per heavy atom. The first-order valence-electron chi connectivity index (χ1n) is 8.63. The van der Waals surface area contributed by atoms with Crippen molar-refractivity contribution in [1.29, 1.82) is 0 Å². The number of aromatic nitrogens is 4. The van der Waals surface area contributed by atoms with Crippen molar-refractivity contribution in [3.05, 3.63) is 59.0 Å². The van der Waals surface area contributed by atoms with E-state index in [2.05, 4.69) is 15.5 Å². The first kappa shape index (κ1) is 17.0. The Morgan fingerprint density at radius 2 is 2.11 bits per heavy atom. The van der Waals surface area contributed by atoms with E-state index in [-0.39, 0.29) is 24.8 Å². The SMILES string of the molecule is Cc1ccccc1-n1cc(C2CC(=O)Nc3c2c(C)nn3CC(=O)O)cn1. The number of amides is 1. The van der Waals surface area contributed by atoms with Crippen LogP contribution >= 0.6 is 0 Å². The molecule has 8 nitrogen and oxygen atoms in total. The van der Waals surface area contributed by atoms with E-state index in [1.54, 1.807) is 10.9 Å². The summed E-state index contributed by atoms with van der Waals surface area (Å²) in [4.78, 5) is 23.4. The van der Waals surface area contributed by atoms with Gasteiger partial charge in [-0.15, -0.1) is 0 Å². The fourth-order valence-electron chi connectivity index (χ4n) is 3.61. The molecule has 0 fully saturated rings. The van der Waals surface area contributed by atoms with Gasteiger partial charge in [0, 0.05) is 24.1 Å². The lowest BCUT2D eigenvalue weighted by molar-refractivity contribution is -0.137. The number of carbonyl (C=O) groups excluding carboxylic acids is 1. The van der Waals surface area contributed by atoms with Gasteiger partial charge in [-0.2, -0.15) is 10.2 Å². The molecule has 0 saturated carbocycles. The molecular weight excluding hydrogens is 346 g/mol. The molecule has 1 aliphatic rings. The maximum Gasteiger partial charge on any atom is 0.325 e. The molecule has 1 aromatic carbocycles. The van der Waals surface area contributed by atoms with Gasteiger partial charge in [0.15, 0.2) is 0 Å². The van der Waals surface area contributed by atoms with Gasteiger partial charge in [-0.3, -0.25) is 9.59 Å². The summed E-state index contributed by atoms with van der Waals surface area (Å²) in [5, 5.41) is 20.7. The van der Waals surface area contributed by atoms with E-state index >= 15 is 0 Å². The highest BCUT2D eigenvalue weighted by atomic mass is 16.4. The van der Waals surface area contributed by atoms with Crippen LogP contribution < -0.4 is 5.32 Å². The molecule has 1 amide bonds. The number of carbonyl (C=O) groups is 2. The van der Waals surface area contributed by atoms with E-state index in [1.807, 2.05) is 44.3 Å². The zero-order valence-corrected chi connectivity index (χ0v) is 15.0. The second-order valence-corrected chi connectivity index (χ2v) is 6.71. The number of nitrogens with zero attached hydrogens (tertiary/aromatic N) is 4. The summed E-state index contributed by atoms with van der Waals surface area (Å²) < 4.78 is 3.14. The molecule has 0 bridgehead atoms. The van der Waals surface area contributed by atoms with Gasteiger partial charge in [0.1, 0.15) is 12.4 Å². The largest absolute Gasteiger partial charge is 0.480 e. The van der Waals surface area contributed by atoms with Gasteiger partial charge in [-0.1, -0.05) is 18.2 Å². The van der Waals surface area contributed by atoms with Crippen LogP contribution in [-0.2, 0) is 16.1 Å². The predicted octanol–water partition coefficient (Wildman–Crippen LogP) is 2.24. The topological polar surface area (TPSA) is 102 Å². The van der Waals surface area contributed by atoms with Gasteiger partial charge in [-0.05, 0) is 31.0 Å². The average Bonchev–Trinajstić information content (AvgIpc) is 3.20. The number of anilines is 1. The highest BCUT2D eigenvalue weighted by molar-refractivity contribution is 5.94. The predicted molar refractivity (Wildman–Crippen MR) is 98.0 cm³/mol. The molecule has 4 rings (SSSR count). The molecule has 2 aromatic heterocycles. The van der Waals surface area contributed by atoms with Crippen LogP contribution in [0.3, 0.4) is 0 Å². The molecule has 1 atom stereocenters. The Hall–Kier alpha value is -3.42. The summed E-state index contributed by atoms with van der Waals surface area (Å²) in [6.07, 6.45) is 3.95. The summed E-state index contributed by atoms with van der Waals surface area (Å²) in [6, 6.07) is 7.93. The van der Waals surface area contributed by atoms with Crippen LogP contribution in [0.5, 0.6) is 0 Å². The highest BCUT2D eigenvalue weighted by Crippen LogP contribution is 2.39. The van der Waals surface area contributed by atoms with Crippen molar-refractivity contribution in [2.45, 2.75) is 32.7 Å². The number of rotatable bonds is 4. The molecular formula is C19H19N5O3. The summed E-state index contributed by atoms with van der Waals surface area (Å²) in [7, 11) is 0. The van der Waals surface area contributed by atoms with Crippen LogP contribution in [0, 0.1) is 13.8 Å². The monoisotopic (exact) mass is 365 g/mol. The first-order valence-corrected chi connectivity index (χ1v) is 8.63. The lowest BCUT2D eigenvalue weighted by atomic mass is 9.87. The van der Waals surface area contributed by atoms with Crippen molar-refractivity contribution >= 4 is 17.7 Å². The number of aryl methyl sites for hydroxylation is 2. The number of carboxylic acid groups (broad SMARTS) is 1. The highest BCUT2D eigenvalue weighted by Gasteiger charge is 2.33. The fourth-order valence-corrected chi connectivity index (χ4v) is 3.61. The number of benzene rings is 1. The van der Waals surface area contributed by atoms with Crippen molar-refractivity contribution in [2.24, 2.45) is 0 Å². The van der Waals surface area contributed by atoms with E-state index in [0.717, 1.165) is 22.4 Å². The summed E-state index contributed by atoms with van der Waals surface area (Å²) in [5.41, 5.74) is 4.52. The summed E-state index contributed by atoms with van der Waals surface area (Å²) in [6.45, 7) is 3.54. The average molecular weight is 365 g/mol. The maximum atomic E-state index is 12.3. The zero-order chi connectivity index (χ0) is 19.1. The van der Waals surface area contributed by atoms with E-state index in [0.29, 0.717) is 11.5 Å². The Bertz CT molecular complexity index is 1050. The Morgan fingerprint density at radius 1 is 1.33 bits per heavy atom. The quantitative estimate of drug-likeness (QED) is 0.738. The number of carboxylic acids is 1. The maximum absolute atomic E-state index is 12.3. The second kappa shape index (κ2) is 6.39. The van der Waals surface area contributed by atoms with E-state index < -0.39 is 5.97 Å². The normalized spacial score (nSPS) is 16.1. The van der Waals surface area contributed by atoms with E-state index in [1.165, 1.54) is 4.68 Å². The molecule has 0 radical (unpaired) electrons. The molecule has 0 aliphatic carbocycles. The van der Waals surface area contributed by atoms with Crippen LogP contribution in [0.25, 0.3) is 5.69 Å². The molecule has 2 N–H and O–H groups in total. The molecule has 0 spiro atoms. The van der Waals surface area contributed by atoms with Crippen molar-refractivity contribution in [3.63, 3.8) is 0 Å². The number of aliphatic carboxylic acids is 1. The molecule has 3 aromatic rings. The van der Waals surface area contributed by atoms with Gasteiger partial charge in [-0.25, -0.2) is 9.36 Å². The van der Waals surface area contributed by atoms with Crippen LogP contribution in [0.15, 0.2) is 36.7 Å². The minimum atomic E-state index is -1.01. The van der Waals surface area contributed by atoms with Crippen LogP contribution in [0.1, 0.15) is 34.7 Å². The van der Waals surface area contributed by atoms with Crippen LogP contribution in [0.2, 0.25) is 0 Å². The number of hydrogen-bond donors (Lipinski definition) is 2. The Labute approximate surface area is 155 Å². The molecule has 3 heterocycles. The third-order valence-corrected chi connectivity index (χ3v) is 4.82. The van der Waals surface area contributed by atoms with Crippen LogP contribution in [-0.4, -0.2) is 36.5 Å². The standard InChI is InChI=1S/C19H19N5O3/c1-11-5-3-4-6-15(11)23-9-13(8-20-23)14-7-16(25)21-19-18(14)12(2)22-24(19)10-17(26)27/h3-6,8-9,14H,7,10H2,1-2H3,(H,21,25)(H,26,27). The molecule has 27 heavy (non-hydrogen) atoms. The van der Waals surface area contributed by atoms with Crippen molar-refractivity contribution in [1.82, 2.24) is 19.6 Å².